The Morgan fingerprint density at radius 3 is 2.38 bits per heavy atom. The number of ether oxygens (including phenoxy) is 1. The van der Waals surface area contributed by atoms with Crippen LogP contribution in [0.3, 0.4) is 0 Å². The van der Waals surface area contributed by atoms with Gasteiger partial charge in [-0.15, -0.1) is 0 Å². The zero-order chi connectivity index (χ0) is 15.9. The van der Waals surface area contributed by atoms with Gasteiger partial charge in [0.2, 0.25) is 10.0 Å². The predicted molar refractivity (Wildman–Crippen MR) is 80.4 cm³/mol. The van der Waals surface area contributed by atoms with Crippen LogP contribution in [0.5, 0.6) is 0 Å². The van der Waals surface area contributed by atoms with Gasteiger partial charge < -0.3 is 10.1 Å². The monoisotopic (exact) mass is 314 g/mol. The molecule has 0 amide bonds. The molecule has 0 radical (unpaired) electrons. The van der Waals surface area contributed by atoms with Gasteiger partial charge in [0.25, 0.3) is 0 Å². The Kier molecular flexibility index (Phi) is 6.80. The van der Waals surface area contributed by atoms with Gasteiger partial charge >= 0.3 is 5.97 Å². The zero-order valence-corrected chi connectivity index (χ0v) is 13.4. The maximum absolute atomic E-state index is 12.0. The first-order chi connectivity index (χ1) is 9.90. The Morgan fingerprint density at radius 1 is 1.24 bits per heavy atom. The van der Waals surface area contributed by atoms with Crippen molar-refractivity contribution in [1.29, 1.82) is 0 Å². The number of esters is 1. The third-order valence-corrected chi connectivity index (χ3v) is 4.33. The summed E-state index contributed by atoms with van der Waals surface area (Å²) < 4.78 is 30.9. The second-order valence-corrected chi connectivity index (χ2v) is 6.24. The summed E-state index contributed by atoms with van der Waals surface area (Å²) in [7, 11) is -3.70. The van der Waals surface area contributed by atoms with Crippen molar-refractivity contribution >= 4 is 16.0 Å². The first-order valence-electron chi connectivity index (χ1n) is 6.89. The molecule has 1 atom stereocenters. The molecule has 1 rings (SSSR count). The van der Waals surface area contributed by atoms with Crippen molar-refractivity contribution in [2.45, 2.75) is 31.7 Å². The summed E-state index contributed by atoms with van der Waals surface area (Å²) in [5.41, 5.74) is 1.00. The lowest BCUT2D eigenvalue weighted by Gasteiger charge is -2.13. The summed E-state index contributed by atoms with van der Waals surface area (Å²) in [4.78, 5) is 11.3. The van der Waals surface area contributed by atoms with E-state index in [1.54, 1.807) is 19.1 Å². The maximum atomic E-state index is 12.0. The van der Waals surface area contributed by atoms with Crippen molar-refractivity contribution < 1.29 is 17.9 Å². The molecule has 1 aromatic rings. The molecule has 0 fully saturated rings. The molecule has 0 spiro atoms. The molecule has 0 saturated heterocycles. The van der Waals surface area contributed by atoms with Gasteiger partial charge in [0, 0.05) is 6.04 Å². The molecule has 2 N–H and O–H groups in total. The van der Waals surface area contributed by atoms with Gasteiger partial charge in [0.05, 0.1) is 11.5 Å². The van der Waals surface area contributed by atoms with Crippen molar-refractivity contribution in [3.8, 4) is 0 Å². The van der Waals surface area contributed by atoms with Crippen LogP contribution in [-0.2, 0) is 19.6 Å². The smallest absolute Gasteiger partial charge is 0.321 e. The van der Waals surface area contributed by atoms with E-state index in [-0.39, 0.29) is 24.1 Å². The van der Waals surface area contributed by atoms with Crippen molar-refractivity contribution in [1.82, 2.24) is 10.0 Å². The molecule has 0 heterocycles. The molecular weight excluding hydrogens is 292 g/mol. The third-order valence-electron chi connectivity index (χ3n) is 2.91. The Labute approximate surface area is 125 Å². The van der Waals surface area contributed by atoms with Gasteiger partial charge in [0.15, 0.2) is 0 Å². The van der Waals surface area contributed by atoms with Crippen molar-refractivity contribution in [3.63, 3.8) is 0 Å². The number of nitrogens with one attached hydrogen (secondary N) is 2. The van der Waals surface area contributed by atoms with Crippen LogP contribution in [0, 0.1) is 0 Å². The normalized spacial score (nSPS) is 12.9. The molecular formula is C14H22N2O4S. The average molecular weight is 314 g/mol. The van der Waals surface area contributed by atoms with Crippen LogP contribution < -0.4 is 10.0 Å². The molecule has 0 aromatic heterocycles. The van der Waals surface area contributed by atoms with Crippen LogP contribution in [-0.4, -0.2) is 34.1 Å². The second-order valence-electron chi connectivity index (χ2n) is 4.48. The standard InChI is InChI=1S/C14H22N2O4S/c1-4-15-11(3)12-6-8-13(9-7-12)21(18,19)16-10-14(17)20-5-2/h6-9,11,15-16H,4-5,10H2,1-3H3. The van der Waals surface area contributed by atoms with Gasteiger partial charge in [-0.25, -0.2) is 8.42 Å². The highest BCUT2D eigenvalue weighted by atomic mass is 32.2. The summed E-state index contributed by atoms with van der Waals surface area (Å²) in [5.74, 6) is -0.599. The molecule has 7 heteroatoms. The van der Waals surface area contributed by atoms with E-state index in [1.165, 1.54) is 12.1 Å². The van der Waals surface area contributed by atoms with Crippen molar-refractivity contribution in [2.75, 3.05) is 19.7 Å². The number of hydrogen-bond donors (Lipinski definition) is 2. The number of hydrogen-bond acceptors (Lipinski definition) is 5. The number of carbonyl (C=O) groups excluding carboxylic acids is 1. The van der Waals surface area contributed by atoms with Crippen LogP contribution in [0.4, 0.5) is 0 Å². The summed E-state index contributed by atoms with van der Waals surface area (Å²) in [6, 6.07) is 6.71. The van der Waals surface area contributed by atoms with Crippen LogP contribution in [0.2, 0.25) is 0 Å². The van der Waals surface area contributed by atoms with Crippen molar-refractivity contribution in [2.24, 2.45) is 0 Å². The first-order valence-corrected chi connectivity index (χ1v) is 8.37. The lowest BCUT2D eigenvalue weighted by atomic mass is 10.1. The van der Waals surface area contributed by atoms with E-state index in [4.69, 9.17) is 0 Å². The van der Waals surface area contributed by atoms with Crippen LogP contribution >= 0.6 is 0 Å². The first kappa shape index (κ1) is 17.6. The summed E-state index contributed by atoms with van der Waals surface area (Å²) in [5, 5.41) is 3.25. The van der Waals surface area contributed by atoms with E-state index in [0.717, 1.165) is 12.1 Å². The Bertz CT molecular complexity index is 555. The van der Waals surface area contributed by atoms with E-state index in [1.807, 2.05) is 13.8 Å². The van der Waals surface area contributed by atoms with E-state index in [0.29, 0.717) is 0 Å². The average Bonchev–Trinajstić information content (AvgIpc) is 2.46. The minimum Gasteiger partial charge on any atom is -0.465 e. The topological polar surface area (TPSA) is 84.5 Å². The van der Waals surface area contributed by atoms with Crippen LogP contribution in [0.15, 0.2) is 29.2 Å². The number of carbonyl (C=O) groups is 1. The molecule has 1 aromatic carbocycles. The van der Waals surface area contributed by atoms with E-state index >= 15 is 0 Å². The Morgan fingerprint density at radius 2 is 1.86 bits per heavy atom. The minimum atomic E-state index is -3.70. The molecule has 0 aliphatic carbocycles. The number of rotatable bonds is 8. The number of benzene rings is 1. The highest BCUT2D eigenvalue weighted by Gasteiger charge is 2.16. The maximum Gasteiger partial charge on any atom is 0.321 e. The van der Waals surface area contributed by atoms with Gasteiger partial charge in [-0.05, 0) is 38.1 Å². The minimum absolute atomic E-state index is 0.124. The van der Waals surface area contributed by atoms with Crippen LogP contribution in [0.25, 0.3) is 0 Å². The molecule has 21 heavy (non-hydrogen) atoms. The predicted octanol–water partition coefficient (Wildman–Crippen LogP) is 1.20. The molecule has 1 unspecified atom stereocenters. The summed E-state index contributed by atoms with van der Waals surface area (Å²) in [6.07, 6.45) is 0. The SMILES string of the molecule is CCNC(C)c1ccc(S(=O)(=O)NCC(=O)OCC)cc1. The molecule has 0 aliphatic heterocycles. The molecule has 0 bridgehead atoms. The van der Waals surface area contributed by atoms with Crippen molar-refractivity contribution in [3.05, 3.63) is 29.8 Å². The molecule has 0 saturated carbocycles. The fraction of sp³-hybridized carbons (Fsp3) is 0.500. The largest absolute Gasteiger partial charge is 0.465 e. The summed E-state index contributed by atoms with van der Waals surface area (Å²) >= 11 is 0. The third kappa shape index (κ3) is 5.45. The van der Waals surface area contributed by atoms with E-state index < -0.39 is 16.0 Å². The second kappa shape index (κ2) is 8.11. The van der Waals surface area contributed by atoms with E-state index in [2.05, 4.69) is 14.8 Å². The highest BCUT2D eigenvalue weighted by Crippen LogP contribution is 2.15. The van der Waals surface area contributed by atoms with Gasteiger partial charge in [-0.2, -0.15) is 4.72 Å². The fourth-order valence-electron chi connectivity index (χ4n) is 1.81. The highest BCUT2D eigenvalue weighted by molar-refractivity contribution is 7.89. The zero-order valence-electron chi connectivity index (χ0n) is 12.5. The van der Waals surface area contributed by atoms with Gasteiger partial charge in [-0.1, -0.05) is 19.1 Å². The number of sulfonamides is 1. The molecule has 6 nitrogen and oxygen atoms in total. The molecule has 0 aliphatic rings. The molecule has 118 valence electrons. The van der Waals surface area contributed by atoms with Gasteiger partial charge in [-0.3, -0.25) is 4.79 Å². The van der Waals surface area contributed by atoms with Gasteiger partial charge in [0.1, 0.15) is 6.54 Å². The lowest BCUT2D eigenvalue weighted by Crippen LogP contribution is -2.30. The van der Waals surface area contributed by atoms with E-state index in [9.17, 15) is 13.2 Å². The summed E-state index contributed by atoms with van der Waals surface area (Å²) in [6.45, 7) is 6.36. The Hall–Kier alpha value is -1.44. The Balaban J connectivity index is 2.73. The van der Waals surface area contributed by atoms with Crippen LogP contribution in [0.1, 0.15) is 32.4 Å². The fourth-order valence-corrected chi connectivity index (χ4v) is 2.78. The quantitative estimate of drug-likeness (QED) is 0.704. The lowest BCUT2D eigenvalue weighted by molar-refractivity contribution is -0.141.